The van der Waals surface area contributed by atoms with E-state index in [0.717, 1.165) is 56.1 Å². The van der Waals surface area contributed by atoms with E-state index in [1.807, 2.05) is 0 Å². The van der Waals surface area contributed by atoms with E-state index >= 15 is 0 Å². The van der Waals surface area contributed by atoms with Crippen molar-refractivity contribution in [2.45, 2.75) is 32.3 Å². The highest BCUT2D eigenvalue weighted by atomic mass is 79.9. The van der Waals surface area contributed by atoms with Crippen LogP contribution in [0.15, 0.2) is 16.6 Å². The average Bonchev–Trinajstić information content (AvgIpc) is 3.37. The third-order valence-corrected chi connectivity index (χ3v) is 6.18. The molecular formula is C20H25BrClF2N5O3S. The number of nitrogens with zero attached hydrogens (tertiary/aromatic N) is 2. The van der Waals surface area contributed by atoms with E-state index < -0.39 is 30.2 Å². The van der Waals surface area contributed by atoms with Gasteiger partial charge in [0.2, 0.25) is 5.88 Å². The van der Waals surface area contributed by atoms with Crippen LogP contribution in [-0.4, -0.2) is 47.4 Å². The van der Waals surface area contributed by atoms with E-state index in [9.17, 15) is 18.4 Å². The van der Waals surface area contributed by atoms with Crippen molar-refractivity contribution in [1.29, 1.82) is 0 Å². The number of benzene rings is 1. The Morgan fingerprint density at radius 1 is 1.21 bits per heavy atom. The van der Waals surface area contributed by atoms with Crippen molar-refractivity contribution in [2.75, 3.05) is 31.5 Å². The van der Waals surface area contributed by atoms with Gasteiger partial charge in [0.15, 0.2) is 0 Å². The molecule has 182 valence electrons. The molecule has 0 bridgehead atoms. The summed E-state index contributed by atoms with van der Waals surface area (Å²) in [6.45, 7) is 3.28. The zero-order valence-corrected chi connectivity index (χ0v) is 20.9. The molecule has 1 saturated heterocycles. The summed E-state index contributed by atoms with van der Waals surface area (Å²) in [6.07, 6.45) is 4.30. The van der Waals surface area contributed by atoms with E-state index in [4.69, 9.17) is 10.5 Å². The lowest BCUT2D eigenvalue weighted by Gasteiger charge is -2.14. The van der Waals surface area contributed by atoms with E-state index in [2.05, 4.69) is 35.8 Å². The summed E-state index contributed by atoms with van der Waals surface area (Å²) >= 11 is 3.79. The lowest BCUT2D eigenvalue weighted by molar-refractivity contribution is 0.0996. The zero-order valence-electron chi connectivity index (χ0n) is 17.7. The number of hydrogen-bond donors (Lipinski definition) is 3. The molecule has 8 nitrogen and oxygen atoms in total. The number of rotatable bonds is 10. The summed E-state index contributed by atoms with van der Waals surface area (Å²) in [5, 5.41) is 5.35. The summed E-state index contributed by atoms with van der Waals surface area (Å²) in [6, 6.07) is 1.69. The van der Waals surface area contributed by atoms with Gasteiger partial charge in [0.05, 0.1) is 5.56 Å². The van der Waals surface area contributed by atoms with Crippen LogP contribution in [0.1, 0.15) is 41.6 Å². The molecular weight excluding hydrogens is 544 g/mol. The smallest absolute Gasteiger partial charge is 0.319 e. The lowest BCUT2D eigenvalue weighted by atomic mass is 10.2. The van der Waals surface area contributed by atoms with Gasteiger partial charge in [-0.15, -0.1) is 12.4 Å². The monoisotopic (exact) mass is 567 g/mol. The molecule has 0 saturated carbocycles. The van der Waals surface area contributed by atoms with Crippen molar-refractivity contribution in [1.82, 2.24) is 14.6 Å². The maximum atomic E-state index is 14.0. The minimum atomic E-state index is -0.883. The fourth-order valence-electron chi connectivity index (χ4n) is 3.34. The molecule has 2 aromatic rings. The van der Waals surface area contributed by atoms with E-state index in [1.165, 1.54) is 12.8 Å². The first kappa shape index (κ1) is 27.2. The maximum Gasteiger partial charge on any atom is 0.319 e. The molecule has 1 aliphatic heterocycles. The average molecular weight is 569 g/mol. The quantitative estimate of drug-likeness (QED) is 0.371. The normalized spacial score (nSPS) is 13.4. The Hall–Kier alpha value is -2.02. The van der Waals surface area contributed by atoms with Gasteiger partial charge >= 0.3 is 6.03 Å². The van der Waals surface area contributed by atoms with E-state index in [1.54, 1.807) is 0 Å². The van der Waals surface area contributed by atoms with Gasteiger partial charge in [0, 0.05) is 11.0 Å². The molecule has 0 atom stereocenters. The lowest BCUT2D eigenvalue weighted by Crippen LogP contribution is -2.30. The number of primary amides is 1. The Bertz CT molecular complexity index is 952. The molecule has 3 amide bonds. The largest absolute Gasteiger partial charge is 0.471 e. The Kier molecular flexibility index (Phi) is 10.7. The second-order valence-corrected chi connectivity index (χ2v) is 9.02. The molecule has 2 heterocycles. The number of anilines is 1. The molecule has 1 aliphatic rings. The van der Waals surface area contributed by atoms with Crippen molar-refractivity contribution in [3.63, 3.8) is 0 Å². The van der Waals surface area contributed by atoms with Gasteiger partial charge in [-0.2, -0.15) is 4.37 Å². The number of urea groups is 1. The first-order chi connectivity index (χ1) is 15.3. The van der Waals surface area contributed by atoms with Crippen molar-refractivity contribution in [2.24, 2.45) is 5.73 Å². The topological polar surface area (TPSA) is 110 Å². The van der Waals surface area contributed by atoms with Crippen molar-refractivity contribution < 1.29 is 23.1 Å². The molecule has 33 heavy (non-hydrogen) atoms. The van der Waals surface area contributed by atoms with E-state index in [-0.39, 0.29) is 38.9 Å². The highest BCUT2D eigenvalue weighted by Crippen LogP contribution is 2.31. The Morgan fingerprint density at radius 2 is 1.88 bits per heavy atom. The summed E-state index contributed by atoms with van der Waals surface area (Å²) < 4.78 is 37.5. The van der Waals surface area contributed by atoms with Crippen molar-refractivity contribution in [3.05, 3.63) is 39.4 Å². The fraction of sp³-hybridized carbons (Fsp3) is 0.450. The van der Waals surface area contributed by atoms with Crippen LogP contribution in [0, 0.1) is 11.6 Å². The second-order valence-electron chi connectivity index (χ2n) is 7.33. The number of carbonyl (C=O) groups is 2. The van der Waals surface area contributed by atoms with E-state index in [0.29, 0.717) is 6.54 Å². The number of hydrogen-bond acceptors (Lipinski definition) is 6. The van der Waals surface area contributed by atoms with Crippen molar-refractivity contribution >= 4 is 56.8 Å². The zero-order chi connectivity index (χ0) is 23.1. The molecule has 0 unspecified atom stereocenters. The van der Waals surface area contributed by atoms with Crippen LogP contribution in [-0.2, 0) is 6.61 Å². The Balaban J connectivity index is 0.00000385. The van der Waals surface area contributed by atoms with Crippen LogP contribution in [0.2, 0.25) is 0 Å². The Morgan fingerprint density at radius 3 is 2.52 bits per heavy atom. The van der Waals surface area contributed by atoms with Gasteiger partial charge in [0.25, 0.3) is 5.91 Å². The summed E-state index contributed by atoms with van der Waals surface area (Å²) in [7, 11) is 0. The minimum Gasteiger partial charge on any atom is -0.471 e. The predicted octanol–water partition coefficient (Wildman–Crippen LogP) is 4.28. The number of amides is 3. The highest BCUT2D eigenvalue weighted by Gasteiger charge is 2.23. The molecule has 0 spiro atoms. The molecule has 1 fully saturated rings. The third kappa shape index (κ3) is 7.76. The van der Waals surface area contributed by atoms with Crippen LogP contribution in [0.4, 0.5) is 18.6 Å². The third-order valence-electron chi connectivity index (χ3n) is 4.98. The number of likely N-dealkylation sites (tertiary alicyclic amines) is 1. The summed E-state index contributed by atoms with van der Waals surface area (Å²) in [5.74, 6) is -2.71. The molecule has 1 aromatic heterocycles. The molecule has 0 aliphatic carbocycles. The molecule has 4 N–H and O–H groups in total. The van der Waals surface area contributed by atoms with Crippen LogP contribution in [0.25, 0.3) is 0 Å². The standard InChI is InChI=1S/C20H24BrF2N5O3S.ClH/c21-12-9-14(22)13(15(23)10-12)11-31-18-16(17(24)29)19(32-27-18)26-20(30)25-5-1-2-6-28-7-3-4-8-28;/h9-10H,1-8,11H2,(H2,24,29)(H2,25,26,30);1H. The van der Waals surface area contributed by atoms with Gasteiger partial charge < -0.3 is 20.7 Å². The number of nitrogens with one attached hydrogen (secondary N) is 2. The SMILES string of the molecule is Cl.NC(=O)c1c(OCc2c(F)cc(Br)cc2F)nsc1NC(=O)NCCCCN1CCCC1. The van der Waals surface area contributed by atoms with Gasteiger partial charge in [-0.25, -0.2) is 13.6 Å². The van der Waals surface area contributed by atoms with Crippen LogP contribution >= 0.6 is 39.9 Å². The van der Waals surface area contributed by atoms with Crippen LogP contribution < -0.4 is 21.1 Å². The highest BCUT2D eigenvalue weighted by molar-refractivity contribution is 9.10. The molecule has 0 radical (unpaired) electrons. The number of unbranched alkanes of at least 4 members (excludes halogenated alkanes) is 1. The number of nitrogens with two attached hydrogens (primary N) is 1. The van der Waals surface area contributed by atoms with Crippen molar-refractivity contribution in [3.8, 4) is 5.88 Å². The summed E-state index contributed by atoms with van der Waals surface area (Å²) in [4.78, 5) is 26.5. The number of ether oxygens (including phenoxy) is 1. The molecule has 13 heteroatoms. The van der Waals surface area contributed by atoms with Gasteiger partial charge in [-0.05, 0) is 69.0 Å². The predicted molar refractivity (Wildman–Crippen MR) is 128 cm³/mol. The Labute approximate surface area is 208 Å². The van der Waals surface area contributed by atoms with Crippen LogP contribution in [0.3, 0.4) is 0 Å². The summed E-state index contributed by atoms with van der Waals surface area (Å²) in [5.41, 5.74) is 4.92. The van der Waals surface area contributed by atoms with Gasteiger partial charge in [-0.3, -0.25) is 10.1 Å². The second kappa shape index (κ2) is 13.0. The fourth-order valence-corrected chi connectivity index (χ4v) is 4.48. The molecule has 1 aromatic carbocycles. The molecule has 3 rings (SSSR count). The first-order valence-electron chi connectivity index (χ1n) is 10.2. The number of aromatic nitrogens is 1. The number of halogens is 4. The van der Waals surface area contributed by atoms with Gasteiger partial charge in [0.1, 0.15) is 28.8 Å². The number of carbonyl (C=O) groups excluding carboxylic acids is 2. The van der Waals surface area contributed by atoms with Gasteiger partial charge in [-0.1, -0.05) is 15.9 Å². The first-order valence-corrected chi connectivity index (χ1v) is 11.7. The van der Waals surface area contributed by atoms with Crippen LogP contribution in [0.5, 0.6) is 5.88 Å². The minimum absolute atomic E-state index is 0. The maximum absolute atomic E-state index is 14.0.